The Morgan fingerprint density at radius 2 is 1.81 bits per heavy atom. The molecule has 0 aliphatic carbocycles. The Hall–Kier alpha value is -3.00. The quantitative estimate of drug-likeness (QED) is 0.469. The molecule has 0 aliphatic heterocycles. The molecule has 0 unspecified atom stereocenters. The Morgan fingerprint density at radius 1 is 1.16 bits per heavy atom. The maximum absolute atomic E-state index is 15.1. The van der Waals surface area contributed by atoms with Gasteiger partial charge in [0.15, 0.2) is 17.4 Å². The number of carbonyl (C=O) groups excluding carboxylic acids is 1. The molecule has 1 heterocycles. The Labute approximate surface area is 187 Å². The van der Waals surface area contributed by atoms with E-state index < -0.39 is 40.5 Å². The van der Waals surface area contributed by atoms with E-state index >= 15 is 4.39 Å². The van der Waals surface area contributed by atoms with Gasteiger partial charge in [0.05, 0.1) is 16.0 Å². The van der Waals surface area contributed by atoms with Crippen LogP contribution in [0.3, 0.4) is 0 Å². The number of fused-ring (bicyclic) bond motifs is 1. The molecule has 1 atom stereocenters. The van der Waals surface area contributed by atoms with Gasteiger partial charge in [-0.15, -0.1) is 0 Å². The fourth-order valence-electron chi connectivity index (χ4n) is 4.05. The van der Waals surface area contributed by atoms with Crippen LogP contribution in [0.4, 0.5) is 13.2 Å². The Balaban J connectivity index is 2.43. The molecule has 170 valence electrons. The van der Waals surface area contributed by atoms with Gasteiger partial charge in [-0.05, 0) is 38.5 Å². The number of rotatable bonds is 6. The maximum Gasteiger partial charge on any atom is 0.313 e. The summed E-state index contributed by atoms with van der Waals surface area (Å²) >= 11 is 5.68. The first-order valence-electron chi connectivity index (χ1n) is 9.91. The van der Waals surface area contributed by atoms with Crippen molar-refractivity contribution in [3.63, 3.8) is 0 Å². The summed E-state index contributed by atoms with van der Waals surface area (Å²) in [6.07, 6.45) is 1.26. The number of phenols is 1. The number of aromatic hydroxyl groups is 1. The number of halogens is 4. The number of unbranched alkanes of at least 4 members (excludes halogenated alkanes) is 1. The van der Waals surface area contributed by atoms with Crippen molar-refractivity contribution >= 4 is 34.4 Å². The van der Waals surface area contributed by atoms with Crippen molar-refractivity contribution in [3.05, 3.63) is 63.6 Å². The Kier molecular flexibility index (Phi) is 6.29. The zero-order valence-corrected chi connectivity index (χ0v) is 18.4. The topological polar surface area (TPSA) is 79.5 Å². The Bertz CT molecular complexity index is 1250. The Morgan fingerprint density at radius 3 is 2.38 bits per heavy atom. The van der Waals surface area contributed by atoms with Crippen molar-refractivity contribution in [2.24, 2.45) is 0 Å². The summed E-state index contributed by atoms with van der Waals surface area (Å²) in [5.41, 5.74) is -2.07. The van der Waals surface area contributed by atoms with Gasteiger partial charge in [-0.25, -0.2) is 13.2 Å². The number of carbonyl (C=O) groups is 2. The number of hydrogen-bond donors (Lipinski definition) is 2. The van der Waals surface area contributed by atoms with Crippen LogP contribution in [0.5, 0.6) is 5.75 Å². The maximum atomic E-state index is 15.1. The van der Waals surface area contributed by atoms with E-state index in [0.717, 1.165) is 16.7 Å². The molecular formula is C23H21ClF3NO4. The number of phenolic OH excluding ortho intramolecular Hbond substituents is 1. The summed E-state index contributed by atoms with van der Waals surface area (Å²) in [6.45, 7) is 4.66. The van der Waals surface area contributed by atoms with Gasteiger partial charge in [0.25, 0.3) is 5.91 Å². The average Bonchev–Trinajstić information content (AvgIpc) is 3.03. The van der Waals surface area contributed by atoms with Gasteiger partial charge in [0.2, 0.25) is 0 Å². The predicted octanol–water partition coefficient (Wildman–Crippen LogP) is 5.95. The van der Waals surface area contributed by atoms with Gasteiger partial charge in [-0.2, -0.15) is 0 Å². The van der Waals surface area contributed by atoms with E-state index in [9.17, 15) is 28.6 Å². The van der Waals surface area contributed by atoms with Crippen LogP contribution in [0.2, 0.25) is 5.02 Å². The van der Waals surface area contributed by atoms with Gasteiger partial charge < -0.3 is 10.2 Å². The summed E-state index contributed by atoms with van der Waals surface area (Å²) in [6, 6.07) is 4.06. The number of aliphatic carboxylic acids is 1. The molecule has 2 N–H and O–H groups in total. The summed E-state index contributed by atoms with van der Waals surface area (Å²) in [5, 5.41) is 19.3. The zero-order chi connectivity index (χ0) is 24.0. The standard InChI is InChI=1S/C23H21ClF3NO4/c1-4-5-8-23(3,22(31)32)18-11(2)28(16-10-15(26)20(29)19(27)17(16)18)21(30)12-6-7-13(24)14(25)9-12/h6-7,9-10,29H,4-5,8H2,1-3H3,(H,31,32)/t23-/m1/s1. The summed E-state index contributed by atoms with van der Waals surface area (Å²) < 4.78 is 44.3. The lowest BCUT2D eigenvalue weighted by Crippen LogP contribution is -2.33. The predicted molar refractivity (Wildman–Crippen MR) is 114 cm³/mol. The zero-order valence-electron chi connectivity index (χ0n) is 17.6. The highest BCUT2D eigenvalue weighted by Gasteiger charge is 2.41. The molecule has 2 aromatic carbocycles. The number of hydrogen-bond acceptors (Lipinski definition) is 3. The first kappa shape index (κ1) is 23.7. The van der Waals surface area contributed by atoms with Crippen LogP contribution in [-0.2, 0) is 10.2 Å². The second kappa shape index (κ2) is 8.50. The third-order valence-electron chi connectivity index (χ3n) is 5.79. The van der Waals surface area contributed by atoms with Gasteiger partial charge >= 0.3 is 5.97 Å². The van der Waals surface area contributed by atoms with Crippen molar-refractivity contribution in [3.8, 4) is 5.75 Å². The second-order valence-corrected chi connectivity index (χ2v) is 8.29. The molecule has 0 saturated carbocycles. The molecule has 0 bridgehead atoms. The van der Waals surface area contributed by atoms with E-state index in [2.05, 4.69) is 0 Å². The first-order chi connectivity index (χ1) is 15.0. The van der Waals surface area contributed by atoms with E-state index in [1.165, 1.54) is 26.0 Å². The van der Waals surface area contributed by atoms with Crippen LogP contribution in [-0.4, -0.2) is 26.7 Å². The van der Waals surface area contributed by atoms with Crippen molar-refractivity contribution in [1.29, 1.82) is 0 Å². The van der Waals surface area contributed by atoms with Crippen molar-refractivity contribution < 1.29 is 33.0 Å². The lowest BCUT2D eigenvalue weighted by Gasteiger charge is -2.26. The van der Waals surface area contributed by atoms with Crippen molar-refractivity contribution in [1.82, 2.24) is 4.57 Å². The molecule has 3 rings (SSSR count). The number of benzene rings is 2. The van der Waals surface area contributed by atoms with Crippen LogP contribution in [0.25, 0.3) is 10.9 Å². The number of aromatic nitrogens is 1. The molecule has 1 aromatic heterocycles. The number of carboxylic acids is 1. The molecule has 0 radical (unpaired) electrons. The van der Waals surface area contributed by atoms with E-state index in [-0.39, 0.29) is 39.2 Å². The minimum absolute atomic E-state index is 0.0465. The highest BCUT2D eigenvalue weighted by atomic mass is 35.5. The molecule has 32 heavy (non-hydrogen) atoms. The average molecular weight is 468 g/mol. The van der Waals surface area contributed by atoms with Crippen LogP contribution < -0.4 is 0 Å². The van der Waals surface area contributed by atoms with E-state index in [1.54, 1.807) is 0 Å². The molecule has 3 aromatic rings. The lowest BCUT2D eigenvalue weighted by atomic mass is 9.76. The third kappa shape index (κ3) is 3.62. The molecule has 0 amide bonds. The van der Waals surface area contributed by atoms with Crippen LogP contribution >= 0.6 is 11.6 Å². The van der Waals surface area contributed by atoms with E-state index in [4.69, 9.17) is 11.6 Å². The molecule has 9 heteroatoms. The summed E-state index contributed by atoms with van der Waals surface area (Å²) in [4.78, 5) is 25.6. The molecule has 0 aliphatic rings. The highest BCUT2D eigenvalue weighted by Crippen LogP contribution is 2.43. The van der Waals surface area contributed by atoms with Crippen LogP contribution in [0.1, 0.15) is 54.7 Å². The molecule has 0 fully saturated rings. The third-order valence-corrected chi connectivity index (χ3v) is 6.09. The van der Waals surface area contributed by atoms with Crippen LogP contribution in [0.15, 0.2) is 24.3 Å². The van der Waals surface area contributed by atoms with Crippen LogP contribution in [0, 0.1) is 24.4 Å². The fourth-order valence-corrected chi connectivity index (χ4v) is 4.17. The molecular weight excluding hydrogens is 447 g/mol. The van der Waals surface area contributed by atoms with Gasteiger partial charge in [-0.3, -0.25) is 14.2 Å². The minimum atomic E-state index is -1.64. The smallest absolute Gasteiger partial charge is 0.313 e. The highest BCUT2D eigenvalue weighted by molar-refractivity contribution is 6.30. The number of carboxylic acid groups (broad SMARTS) is 1. The summed E-state index contributed by atoms with van der Waals surface area (Å²) in [7, 11) is 0. The fraction of sp³-hybridized carbons (Fsp3) is 0.304. The summed E-state index contributed by atoms with van der Waals surface area (Å²) in [5.74, 6) is -6.91. The normalized spacial score (nSPS) is 13.3. The monoisotopic (exact) mass is 467 g/mol. The SMILES string of the molecule is CCCC[C@@](C)(C(=O)O)c1c(C)n(C(=O)c2ccc(Cl)c(F)c2)c2cc(F)c(O)c(F)c12. The second-order valence-electron chi connectivity index (χ2n) is 7.89. The minimum Gasteiger partial charge on any atom is -0.503 e. The van der Waals surface area contributed by atoms with Gasteiger partial charge in [0.1, 0.15) is 5.82 Å². The van der Waals surface area contributed by atoms with E-state index in [1.807, 2.05) is 6.92 Å². The van der Waals surface area contributed by atoms with E-state index in [0.29, 0.717) is 12.8 Å². The van der Waals surface area contributed by atoms with Gasteiger partial charge in [-0.1, -0.05) is 31.4 Å². The first-order valence-corrected chi connectivity index (χ1v) is 10.3. The van der Waals surface area contributed by atoms with Crippen molar-refractivity contribution in [2.45, 2.75) is 45.4 Å². The molecule has 5 nitrogen and oxygen atoms in total. The largest absolute Gasteiger partial charge is 0.503 e. The van der Waals surface area contributed by atoms with Crippen molar-refractivity contribution in [2.75, 3.05) is 0 Å². The number of nitrogens with zero attached hydrogens (tertiary/aromatic N) is 1. The lowest BCUT2D eigenvalue weighted by molar-refractivity contribution is -0.143. The molecule has 0 saturated heterocycles. The van der Waals surface area contributed by atoms with Gasteiger partial charge in [0, 0.05) is 28.3 Å². The molecule has 0 spiro atoms.